The summed E-state index contributed by atoms with van der Waals surface area (Å²) >= 11 is 6.48. The van der Waals surface area contributed by atoms with Crippen LogP contribution in [-0.4, -0.2) is 36.4 Å². The predicted octanol–water partition coefficient (Wildman–Crippen LogP) is 5.23. The van der Waals surface area contributed by atoms with Gasteiger partial charge in [-0.2, -0.15) is 0 Å². The Labute approximate surface area is 178 Å². The molecule has 156 valence electrons. The topological polar surface area (TPSA) is 41.9 Å². The van der Waals surface area contributed by atoms with E-state index < -0.39 is 5.60 Å². The molecule has 1 heterocycles. The smallest absolute Gasteiger partial charge is 0.161 e. The van der Waals surface area contributed by atoms with Crippen LogP contribution in [0, 0.1) is 5.92 Å². The Bertz CT molecular complexity index is 858. The number of hydrogen-bond donors (Lipinski definition) is 1. The number of rotatable bonds is 5. The molecule has 2 aromatic rings. The second-order valence-corrected chi connectivity index (χ2v) is 8.73. The van der Waals surface area contributed by atoms with Crippen molar-refractivity contribution in [2.45, 2.75) is 50.3 Å². The van der Waals surface area contributed by atoms with E-state index in [1.165, 1.54) is 5.56 Å². The molecule has 1 N–H and O–H groups in total. The van der Waals surface area contributed by atoms with E-state index in [2.05, 4.69) is 23.1 Å². The van der Waals surface area contributed by atoms with Crippen molar-refractivity contribution in [1.29, 1.82) is 0 Å². The maximum Gasteiger partial charge on any atom is 0.161 e. The van der Waals surface area contributed by atoms with Crippen LogP contribution in [0.15, 0.2) is 42.5 Å². The van der Waals surface area contributed by atoms with Gasteiger partial charge in [-0.3, -0.25) is 4.90 Å². The highest BCUT2D eigenvalue weighted by Crippen LogP contribution is 2.50. The van der Waals surface area contributed by atoms with E-state index in [0.717, 1.165) is 67.3 Å². The third-order valence-corrected chi connectivity index (χ3v) is 7.12. The third-order valence-electron chi connectivity index (χ3n) is 6.75. The van der Waals surface area contributed by atoms with Crippen molar-refractivity contribution in [3.05, 3.63) is 58.6 Å². The van der Waals surface area contributed by atoms with Crippen LogP contribution in [0.2, 0.25) is 5.02 Å². The van der Waals surface area contributed by atoms with Gasteiger partial charge < -0.3 is 14.6 Å². The van der Waals surface area contributed by atoms with Crippen LogP contribution in [0.4, 0.5) is 0 Å². The average molecular weight is 416 g/mol. The number of methoxy groups -OCH3 is 2. The van der Waals surface area contributed by atoms with Gasteiger partial charge in [0.15, 0.2) is 11.5 Å². The van der Waals surface area contributed by atoms with Gasteiger partial charge in [-0.25, -0.2) is 0 Å². The Hall–Kier alpha value is -1.75. The highest BCUT2D eigenvalue weighted by Gasteiger charge is 2.49. The molecule has 1 aliphatic heterocycles. The maximum atomic E-state index is 11.5. The average Bonchev–Trinajstić information content (AvgIpc) is 2.74. The molecule has 5 heteroatoms. The molecule has 3 atom stereocenters. The summed E-state index contributed by atoms with van der Waals surface area (Å²) in [5.74, 6) is 1.65. The van der Waals surface area contributed by atoms with Gasteiger partial charge in [-0.05, 0) is 48.6 Å². The first-order chi connectivity index (χ1) is 14.1. The van der Waals surface area contributed by atoms with Gasteiger partial charge in [0.1, 0.15) is 0 Å². The van der Waals surface area contributed by atoms with Crippen molar-refractivity contribution < 1.29 is 14.6 Å². The fourth-order valence-corrected chi connectivity index (χ4v) is 5.44. The lowest BCUT2D eigenvalue weighted by Crippen LogP contribution is -2.54. The molecule has 29 heavy (non-hydrogen) atoms. The van der Waals surface area contributed by atoms with Crippen molar-refractivity contribution >= 4 is 11.6 Å². The Morgan fingerprint density at radius 2 is 1.86 bits per heavy atom. The molecular formula is C24H30ClNO3. The molecule has 1 aliphatic carbocycles. The van der Waals surface area contributed by atoms with Gasteiger partial charge >= 0.3 is 0 Å². The Kier molecular flexibility index (Phi) is 6.05. The number of benzene rings is 2. The molecule has 2 aliphatic rings. The maximum absolute atomic E-state index is 11.5. The number of aliphatic hydroxyl groups is 1. The lowest BCUT2D eigenvalue weighted by molar-refractivity contribution is -0.126. The Morgan fingerprint density at radius 3 is 2.62 bits per heavy atom. The molecule has 2 fully saturated rings. The van der Waals surface area contributed by atoms with Gasteiger partial charge in [0.2, 0.25) is 0 Å². The number of fused-ring (bicyclic) bond motifs is 1. The minimum Gasteiger partial charge on any atom is -0.493 e. The predicted molar refractivity (Wildman–Crippen MR) is 116 cm³/mol. The third kappa shape index (κ3) is 3.98. The van der Waals surface area contributed by atoms with E-state index in [1.54, 1.807) is 14.2 Å². The number of ether oxygens (including phenoxy) is 2. The van der Waals surface area contributed by atoms with Crippen LogP contribution in [0.3, 0.4) is 0 Å². The zero-order valence-corrected chi connectivity index (χ0v) is 18.0. The molecular weight excluding hydrogens is 386 g/mol. The molecule has 0 unspecified atom stereocenters. The largest absolute Gasteiger partial charge is 0.493 e. The van der Waals surface area contributed by atoms with Crippen LogP contribution < -0.4 is 9.47 Å². The summed E-state index contributed by atoms with van der Waals surface area (Å²) in [6, 6.07) is 14.3. The molecule has 0 bridgehead atoms. The van der Waals surface area contributed by atoms with Crippen LogP contribution in [-0.2, 0) is 6.54 Å². The van der Waals surface area contributed by atoms with Crippen LogP contribution in [0.25, 0.3) is 0 Å². The molecule has 0 amide bonds. The SMILES string of the molecule is COc1ccc([C@@H]2[C@H]3CCCC[C@]3(O)CCN2Cc2ccccc2Cl)cc1OC. The van der Waals surface area contributed by atoms with E-state index in [-0.39, 0.29) is 12.0 Å². The zero-order chi connectivity index (χ0) is 20.4. The van der Waals surface area contributed by atoms with Gasteiger partial charge in [0.05, 0.1) is 19.8 Å². The lowest BCUT2D eigenvalue weighted by Gasteiger charge is -2.53. The van der Waals surface area contributed by atoms with Gasteiger partial charge in [0, 0.05) is 30.1 Å². The van der Waals surface area contributed by atoms with Crippen molar-refractivity contribution in [3.8, 4) is 11.5 Å². The molecule has 4 nitrogen and oxygen atoms in total. The second kappa shape index (κ2) is 8.55. The summed E-state index contributed by atoms with van der Waals surface area (Å²) in [5, 5.41) is 12.3. The number of halogens is 1. The summed E-state index contributed by atoms with van der Waals surface area (Å²) in [4.78, 5) is 2.48. The van der Waals surface area contributed by atoms with Crippen molar-refractivity contribution in [2.75, 3.05) is 20.8 Å². The van der Waals surface area contributed by atoms with Gasteiger partial charge in [0.25, 0.3) is 0 Å². The van der Waals surface area contributed by atoms with E-state index in [9.17, 15) is 5.11 Å². The number of nitrogens with zero attached hydrogens (tertiary/aromatic N) is 1. The van der Waals surface area contributed by atoms with Crippen molar-refractivity contribution in [3.63, 3.8) is 0 Å². The Morgan fingerprint density at radius 1 is 1.07 bits per heavy atom. The van der Waals surface area contributed by atoms with Crippen molar-refractivity contribution in [2.24, 2.45) is 5.92 Å². The first kappa shape index (κ1) is 20.5. The number of piperidine rings is 1. The van der Waals surface area contributed by atoms with E-state index >= 15 is 0 Å². The van der Waals surface area contributed by atoms with E-state index in [1.807, 2.05) is 24.3 Å². The summed E-state index contributed by atoms with van der Waals surface area (Å²) in [5.41, 5.74) is 1.70. The molecule has 4 rings (SSSR count). The minimum atomic E-state index is -0.590. The number of likely N-dealkylation sites (tertiary alicyclic amines) is 1. The van der Waals surface area contributed by atoms with E-state index in [4.69, 9.17) is 21.1 Å². The van der Waals surface area contributed by atoms with Crippen molar-refractivity contribution in [1.82, 2.24) is 4.90 Å². The minimum absolute atomic E-state index is 0.116. The first-order valence-electron chi connectivity index (χ1n) is 10.5. The highest BCUT2D eigenvalue weighted by molar-refractivity contribution is 6.31. The quantitative estimate of drug-likeness (QED) is 0.726. The molecule has 0 aromatic heterocycles. The van der Waals surface area contributed by atoms with Crippen LogP contribution >= 0.6 is 11.6 Å². The monoisotopic (exact) mass is 415 g/mol. The van der Waals surface area contributed by atoms with Gasteiger partial charge in [-0.15, -0.1) is 0 Å². The second-order valence-electron chi connectivity index (χ2n) is 8.33. The van der Waals surface area contributed by atoms with E-state index in [0.29, 0.717) is 0 Å². The molecule has 0 radical (unpaired) electrons. The number of hydrogen-bond acceptors (Lipinski definition) is 4. The summed E-state index contributed by atoms with van der Waals surface area (Å²) < 4.78 is 11.0. The standard InChI is InChI=1S/C24H30ClNO3/c1-28-21-11-10-17(15-22(21)29-2)23-19-8-5-6-12-24(19,27)13-14-26(23)16-18-7-3-4-9-20(18)25/h3-4,7,9-11,15,19,23,27H,5-6,8,12-14,16H2,1-2H3/t19-,23-,24+/m1/s1. The summed E-state index contributed by atoms with van der Waals surface area (Å²) in [7, 11) is 3.32. The molecule has 1 saturated heterocycles. The van der Waals surface area contributed by atoms with Crippen LogP contribution in [0.1, 0.15) is 49.3 Å². The zero-order valence-electron chi connectivity index (χ0n) is 17.2. The fourth-order valence-electron chi connectivity index (χ4n) is 5.25. The fraction of sp³-hybridized carbons (Fsp3) is 0.500. The summed E-state index contributed by atoms with van der Waals surface area (Å²) in [6.45, 7) is 1.61. The molecule has 1 saturated carbocycles. The Balaban J connectivity index is 1.73. The first-order valence-corrected chi connectivity index (χ1v) is 10.9. The van der Waals surface area contributed by atoms with Gasteiger partial charge in [-0.1, -0.05) is 48.7 Å². The van der Waals surface area contributed by atoms with Crippen LogP contribution in [0.5, 0.6) is 11.5 Å². The molecule has 2 aromatic carbocycles. The highest BCUT2D eigenvalue weighted by atomic mass is 35.5. The lowest BCUT2D eigenvalue weighted by atomic mass is 9.66. The molecule has 0 spiro atoms. The summed E-state index contributed by atoms with van der Waals surface area (Å²) in [6.07, 6.45) is 5.01. The normalized spacial score (nSPS) is 27.3.